The number of hydrogen-bond donors (Lipinski definition) is 1. The standard InChI is InChI=1S/C14H15FN2O/c1-9-13(10(2)18)8-16-14(17-9)7-11-3-5-12(15)6-4-11/h3-6,8,10,18H,7H2,1-2H3. The maximum absolute atomic E-state index is 12.8. The number of aliphatic hydroxyl groups is 1. The van der Waals surface area contributed by atoms with Gasteiger partial charge in [0.1, 0.15) is 11.6 Å². The number of aromatic nitrogens is 2. The van der Waals surface area contributed by atoms with Gasteiger partial charge in [0.05, 0.1) is 6.10 Å². The lowest BCUT2D eigenvalue weighted by molar-refractivity contribution is 0.197. The Morgan fingerprint density at radius 3 is 2.50 bits per heavy atom. The molecule has 2 rings (SSSR count). The highest BCUT2D eigenvalue weighted by molar-refractivity contribution is 5.23. The quantitative estimate of drug-likeness (QED) is 0.905. The molecule has 4 heteroatoms. The Labute approximate surface area is 105 Å². The first kappa shape index (κ1) is 12.6. The number of rotatable bonds is 3. The normalized spacial score (nSPS) is 12.4. The lowest BCUT2D eigenvalue weighted by Crippen LogP contribution is -2.04. The number of benzene rings is 1. The molecular weight excluding hydrogens is 231 g/mol. The van der Waals surface area contributed by atoms with Gasteiger partial charge < -0.3 is 5.11 Å². The summed E-state index contributed by atoms with van der Waals surface area (Å²) in [5.74, 6) is 0.420. The summed E-state index contributed by atoms with van der Waals surface area (Å²) < 4.78 is 12.8. The summed E-state index contributed by atoms with van der Waals surface area (Å²) in [5, 5.41) is 9.49. The summed E-state index contributed by atoms with van der Waals surface area (Å²) in [6, 6.07) is 6.28. The number of aliphatic hydroxyl groups excluding tert-OH is 1. The van der Waals surface area contributed by atoms with Gasteiger partial charge >= 0.3 is 0 Å². The smallest absolute Gasteiger partial charge is 0.132 e. The molecule has 0 amide bonds. The average Bonchev–Trinajstić information content (AvgIpc) is 2.32. The highest BCUT2D eigenvalue weighted by Gasteiger charge is 2.08. The molecule has 0 saturated heterocycles. The van der Waals surface area contributed by atoms with Crippen molar-refractivity contribution in [1.29, 1.82) is 0 Å². The topological polar surface area (TPSA) is 46.0 Å². The van der Waals surface area contributed by atoms with Crippen molar-refractivity contribution in [2.45, 2.75) is 26.4 Å². The maximum atomic E-state index is 12.8. The van der Waals surface area contributed by atoms with Crippen LogP contribution in [-0.2, 0) is 6.42 Å². The maximum Gasteiger partial charge on any atom is 0.132 e. The molecule has 0 bridgehead atoms. The summed E-state index contributed by atoms with van der Waals surface area (Å²) >= 11 is 0. The Balaban J connectivity index is 2.20. The van der Waals surface area contributed by atoms with Gasteiger partial charge in [-0.2, -0.15) is 0 Å². The van der Waals surface area contributed by atoms with Crippen molar-refractivity contribution < 1.29 is 9.50 Å². The largest absolute Gasteiger partial charge is 0.389 e. The van der Waals surface area contributed by atoms with Gasteiger partial charge in [0.25, 0.3) is 0 Å². The van der Waals surface area contributed by atoms with Crippen molar-refractivity contribution in [2.24, 2.45) is 0 Å². The lowest BCUT2D eigenvalue weighted by atomic mass is 10.1. The first-order chi connectivity index (χ1) is 8.56. The molecular formula is C14H15FN2O. The fraction of sp³-hybridized carbons (Fsp3) is 0.286. The van der Waals surface area contributed by atoms with Crippen molar-refractivity contribution in [1.82, 2.24) is 9.97 Å². The SMILES string of the molecule is Cc1nc(Cc2ccc(F)cc2)ncc1C(C)O. The monoisotopic (exact) mass is 246 g/mol. The molecule has 3 nitrogen and oxygen atoms in total. The van der Waals surface area contributed by atoms with Crippen LogP contribution in [0.15, 0.2) is 30.5 Å². The third-order valence-corrected chi connectivity index (χ3v) is 2.79. The van der Waals surface area contributed by atoms with E-state index in [0.29, 0.717) is 12.2 Å². The third kappa shape index (κ3) is 2.90. The van der Waals surface area contributed by atoms with Gasteiger partial charge in [-0.15, -0.1) is 0 Å². The van der Waals surface area contributed by atoms with Crippen LogP contribution < -0.4 is 0 Å². The fourth-order valence-corrected chi connectivity index (χ4v) is 1.80. The molecule has 0 saturated carbocycles. The van der Waals surface area contributed by atoms with Crippen molar-refractivity contribution in [3.63, 3.8) is 0 Å². The molecule has 0 radical (unpaired) electrons. The van der Waals surface area contributed by atoms with Crippen LogP contribution in [0.1, 0.15) is 35.7 Å². The minimum Gasteiger partial charge on any atom is -0.389 e. The minimum atomic E-state index is -0.565. The van der Waals surface area contributed by atoms with Crippen LogP contribution in [0.2, 0.25) is 0 Å². The van der Waals surface area contributed by atoms with E-state index in [2.05, 4.69) is 9.97 Å². The fourth-order valence-electron chi connectivity index (χ4n) is 1.80. The summed E-state index contributed by atoms with van der Waals surface area (Å²) in [6.07, 6.45) is 1.64. The molecule has 0 aliphatic carbocycles. The van der Waals surface area contributed by atoms with Crippen molar-refractivity contribution in [2.75, 3.05) is 0 Å². The molecule has 94 valence electrons. The van der Waals surface area contributed by atoms with E-state index in [4.69, 9.17) is 0 Å². The van der Waals surface area contributed by atoms with Crippen LogP contribution in [0, 0.1) is 12.7 Å². The number of hydrogen-bond acceptors (Lipinski definition) is 3. The van der Waals surface area contributed by atoms with Crippen LogP contribution in [0.25, 0.3) is 0 Å². The van der Waals surface area contributed by atoms with Gasteiger partial charge in [-0.05, 0) is 31.5 Å². The molecule has 1 heterocycles. The van der Waals surface area contributed by atoms with Crippen LogP contribution in [0.3, 0.4) is 0 Å². The Bertz CT molecular complexity index is 538. The molecule has 2 aromatic rings. The number of aryl methyl sites for hydroxylation is 1. The summed E-state index contributed by atoms with van der Waals surface area (Å²) in [7, 11) is 0. The molecule has 1 atom stereocenters. The van der Waals surface area contributed by atoms with E-state index in [1.165, 1.54) is 12.1 Å². The van der Waals surface area contributed by atoms with Crippen molar-refractivity contribution in [3.05, 3.63) is 58.9 Å². The van der Waals surface area contributed by atoms with E-state index in [1.807, 2.05) is 6.92 Å². The number of halogens is 1. The molecule has 0 aliphatic heterocycles. The number of nitrogens with zero attached hydrogens (tertiary/aromatic N) is 2. The summed E-state index contributed by atoms with van der Waals surface area (Å²) in [5.41, 5.74) is 2.47. The van der Waals surface area contributed by atoms with E-state index >= 15 is 0 Å². The van der Waals surface area contributed by atoms with Crippen LogP contribution in [0.5, 0.6) is 0 Å². The molecule has 1 unspecified atom stereocenters. The second kappa shape index (κ2) is 5.23. The van der Waals surface area contributed by atoms with E-state index in [1.54, 1.807) is 25.3 Å². The average molecular weight is 246 g/mol. The van der Waals surface area contributed by atoms with Crippen LogP contribution in [-0.4, -0.2) is 15.1 Å². The molecule has 0 spiro atoms. The van der Waals surface area contributed by atoms with Crippen LogP contribution >= 0.6 is 0 Å². The predicted octanol–water partition coefficient (Wildman–Crippen LogP) is 2.57. The molecule has 0 fully saturated rings. The van der Waals surface area contributed by atoms with Crippen molar-refractivity contribution in [3.8, 4) is 0 Å². The Morgan fingerprint density at radius 2 is 1.94 bits per heavy atom. The Morgan fingerprint density at radius 1 is 1.28 bits per heavy atom. The van der Waals surface area contributed by atoms with E-state index in [9.17, 15) is 9.50 Å². The zero-order chi connectivity index (χ0) is 13.1. The van der Waals surface area contributed by atoms with Crippen LogP contribution in [0.4, 0.5) is 4.39 Å². The zero-order valence-corrected chi connectivity index (χ0v) is 10.4. The minimum absolute atomic E-state index is 0.250. The summed E-state index contributed by atoms with van der Waals surface area (Å²) in [4.78, 5) is 8.56. The molecule has 1 N–H and O–H groups in total. The zero-order valence-electron chi connectivity index (χ0n) is 10.4. The first-order valence-electron chi connectivity index (χ1n) is 5.81. The van der Waals surface area contributed by atoms with E-state index < -0.39 is 6.10 Å². The van der Waals surface area contributed by atoms with Crippen molar-refractivity contribution >= 4 is 0 Å². The van der Waals surface area contributed by atoms with Gasteiger partial charge in [0.15, 0.2) is 0 Å². The molecule has 0 aliphatic rings. The molecule has 1 aromatic carbocycles. The first-order valence-corrected chi connectivity index (χ1v) is 5.81. The molecule has 1 aromatic heterocycles. The van der Waals surface area contributed by atoms with E-state index in [-0.39, 0.29) is 5.82 Å². The van der Waals surface area contributed by atoms with Gasteiger partial charge in [0.2, 0.25) is 0 Å². The highest BCUT2D eigenvalue weighted by Crippen LogP contribution is 2.15. The summed E-state index contributed by atoms with van der Waals surface area (Å²) in [6.45, 7) is 3.53. The third-order valence-electron chi connectivity index (χ3n) is 2.79. The van der Waals surface area contributed by atoms with E-state index in [0.717, 1.165) is 16.8 Å². The Hall–Kier alpha value is -1.81. The van der Waals surface area contributed by atoms with Gasteiger partial charge in [0, 0.05) is 23.9 Å². The van der Waals surface area contributed by atoms with Gasteiger partial charge in [-0.3, -0.25) is 0 Å². The van der Waals surface area contributed by atoms with Gasteiger partial charge in [-0.1, -0.05) is 12.1 Å². The predicted molar refractivity (Wildman–Crippen MR) is 66.6 cm³/mol. The second-order valence-electron chi connectivity index (χ2n) is 4.31. The van der Waals surface area contributed by atoms with Gasteiger partial charge in [-0.25, -0.2) is 14.4 Å². The Kier molecular flexibility index (Phi) is 3.67. The lowest BCUT2D eigenvalue weighted by Gasteiger charge is -2.09. The highest BCUT2D eigenvalue weighted by atomic mass is 19.1. The second-order valence-corrected chi connectivity index (χ2v) is 4.31. The molecule has 18 heavy (non-hydrogen) atoms.